The first-order valence-electron chi connectivity index (χ1n) is 9.56. The third-order valence-corrected chi connectivity index (χ3v) is 6.59. The molecule has 2 aromatic heterocycles. The number of hydrogen-bond acceptors (Lipinski definition) is 7. The van der Waals surface area contributed by atoms with E-state index in [1.54, 1.807) is 28.6 Å². The second kappa shape index (κ2) is 9.59. The van der Waals surface area contributed by atoms with Crippen LogP contribution in [0.1, 0.15) is 25.1 Å². The van der Waals surface area contributed by atoms with E-state index in [1.807, 2.05) is 41.8 Å². The summed E-state index contributed by atoms with van der Waals surface area (Å²) in [5.74, 6) is 0.495. The molecule has 31 heavy (non-hydrogen) atoms. The van der Waals surface area contributed by atoms with Crippen molar-refractivity contribution in [3.63, 3.8) is 0 Å². The molecule has 0 unspecified atom stereocenters. The molecule has 0 atom stereocenters. The maximum absolute atomic E-state index is 12.3. The topological polar surface area (TPSA) is 76.8 Å². The highest BCUT2D eigenvalue weighted by Gasteiger charge is 2.18. The summed E-state index contributed by atoms with van der Waals surface area (Å²) in [4.78, 5) is 18.6. The Morgan fingerprint density at radius 2 is 1.90 bits per heavy atom. The van der Waals surface area contributed by atoms with Crippen LogP contribution >= 0.6 is 34.7 Å². The minimum absolute atomic E-state index is 0.0792. The molecule has 0 fully saturated rings. The van der Waals surface area contributed by atoms with Crippen LogP contribution in [0.4, 0.5) is 10.8 Å². The highest BCUT2D eigenvalue weighted by Crippen LogP contribution is 2.31. The monoisotopic (exact) mass is 470 g/mol. The number of thiazole rings is 1. The van der Waals surface area contributed by atoms with E-state index < -0.39 is 0 Å². The number of hydrogen-bond donors (Lipinski definition) is 0. The molecular weight excluding hydrogens is 452 g/mol. The van der Waals surface area contributed by atoms with Crippen LogP contribution in [-0.2, 0) is 17.0 Å². The maximum Gasteiger partial charge on any atom is 0.230 e. The molecule has 0 aliphatic heterocycles. The van der Waals surface area contributed by atoms with Crippen molar-refractivity contribution >= 4 is 51.4 Å². The Labute approximate surface area is 193 Å². The van der Waals surface area contributed by atoms with Crippen LogP contribution in [0.3, 0.4) is 0 Å². The van der Waals surface area contributed by atoms with Crippen molar-refractivity contribution in [3.8, 4) is 5.69 Å². The van der Waals surface area contributed by atoms with E-state index in [2.05, 4.69) is 27.4 Å². The van der Waals surface area contributed by atoms with Gasteiger partial charge in [-0.1, -0.05) is 42.4 Å². The number of rotatable bonds is 7. The SMILES string of the molecule is CCc1ccc(N(C(C)=O)c2nc(CSc3nnnn3-c3ccc(Cl)cc3)cs2)cc1. The molecule has 0 N–H and O–H groups in total. The lowest BCUT2D eigenvalue weighted by Crippen LogP contribution is -2.22. The summed E-state index contributed by atoms with van der Waals surface area (Å²) in [6.45, 7) is 3.65. The fraction of sp³-hybridized carbons (Fsp3) is 0.190. The molecule has 0 aliphatic carbocycles. The molecule has 0 spiro atoms. The second-order valence-corrected chi connectivity index (χ2v) is 8.85. The van der Waals surface area contributed by atoms with Gasteiger partial charge < -0.3 is 0 Å². The predicted molar refractivity (Wildman–Crippen MR) is 124 cm³/mol. The Kier molecular flexibility index (Phi) is 6.64. The standard InChI is InChI=1S/C21H19ClN6OS2/c1-3-15-4-8-18(9-5-15)27(14(2)29)20-23-17(12-30-20)13-31-21-24-25-26-28(21)19-10-6-16(22)7-11-19/h4-12H,3,13H2,1-2H3. The van der Waals surface area contributed by atoms with Crippen LogP contribution in [0.5, 0.6) is 0 Å². The van der Waals surface area contributed by atoms with E-state index in [9.17, 15) is 4.79 Å². The van der Waals surface area contributed by atoms with Crippen LogP contribution in [0, 0.1) is 0 Å². The Morgan fingerprint density at radius 3 is 2.58 bits per heavy atom. The van der Waals surface area contributed by atoms with Crippen molar-refractivity contribution in [2.75, 3.05) is 4.90 Å². The number of aryl methyl sites for hydroxylation is 1. The highest BCUT2D eigenvalue weighted by molar-refractivity contribution is 7.98. The van der Waals surface area contributed by atoms with Crippen LogP contribution in [0.25, 0.3) is 5.69 Å². The Morgan fingerprint density at radius 1 is 1.16 bits per heavy atom. The maximum atomic E-state index is 12.3. The smallest absolute Gasteiger partial charge is 0.230 e. The number of halogens is 1. The lowest BCUT2D eigenvalue weighted by Gasteiger charge is -2.18. The molecule has 0 saturated carbocycles. The van der Waals surface area contributed by atoms with Crippen molar-refractivity contribution in [1.29, 1.82) is 0 Å². The summed E-state index contributed by atoms with van der Waals surface area (Å²) in [6, 6.07) is 15.3. The summed E-state index contributed by atoms with van der Waals surface area (Å²) in [5, 5.41) is 15.8. The van der Waals surface area contributed by atoms with Gasteiger partial charge in [0.25, 0.3) is 0 Å². The molecule has 0 bridgehead atoms. The third kappa shape index (κ3) is 4.95. The molecule has 4 rings (SSSR count). The number of tetrazole rings is 1. The molecule has 2 aromatic carbocycles. The van der Waals surface area contributed by atoms with Gasteiger partial charge in [-0.25, -0.2) is 4.98 Å². The van der Waals surface area contributed by atoms with Crippen molar-refractivity contribution in [1.82, 2.24) is 25.2 Å². The average Bonchev–Trinajstić information content (AvgIpc) is 3.43. The van der Waals surface area contributed by atoms with Gasteiger partial charge in [-0.05, 0) is 58.8 Å². The zero-order valence-corrected chi connectivity index (χ0v) is 19.3. The molecule has 0 aliphatic rings. The Hall–Kier alpha value is -2.75. The fourth-order valence-corrected chi connectivity index (χ4v) is 4.83. The van der Waals surface area contributed by atoms with Gasteiger partial charge in [-0.2, -0.15) is 4.68 Å². The highest BCUT2D eigenvalue weighted by atomic mass is 35.5. The number of benzene rings is 2. The van der Waals surface area contributed by atoms with E-state index in [0.29, 0.717) is 21.1 Å². The van der Waals surface area contributed by atoms with Gasteiger partial charge in [0, 0.05) is 23.1 Å². The first-order chi connectivity index (χ1) is 15.0. The van der Waals surface area contributed by atoms with Crippen molar-refractivity contribution in [2.45, 2.75) is 31.2 Å². The summed E-state index contributed by atoms with van der Waals surface area (Å²) in [7, 11) is 0. The first kappa shape index (κ1) is 21.5. The summed E-state index contributed by atoms with van der Waals surface area (Å²) in [6.07, 6.45) is 0.953. The fourth-order valence-electron chi connectivity index (χ4n) is 2.92. The average molecular weight is 471 g/mol. The van der Waals surface area contributed by atoms with Gasteiger partial charge in [0.05, 0.1) is 17.1 Å². The first-order valence-corrected chi connectivity index (χ1v) is 11.8. The van der Waals surface area contributed by atoms with Gasteiger partial charge in [0.1, 0.15) is 0 Å². The molecule has 0 radical (unpaired) electrons. The van der Waals surface area contributed by atoms with Gasteiger partial charge in [-0.3, -0.25) is 9.69 Å². The number of nitrogens with zero attached hydrogens (tertiary/aromatic N) is 6. The van der Waals surface area contributed by atoms with Crippen molar-refractivity contribution in [3.05, 3.63) is 70.2 Å². The number of anilines is 2. The molecule has 4 aromatic rings. The zero-order valence-electron chi connectivity index (χ0n) is 16.9. The van der Waals surface area contributed by atoms with Gasteiger partial charge in [-0.15, -0.1) is 16.4 Å². The van der Waals surface area contributed by atoms with E-state index in [-0.39, 0.29) is 5.91 Å². The summed E-state index contributed by atoms with van der Waals surface area (Å²) < 4.78 is 1.66. The minimum Gasteiger partial charge on any atom is -0.274 e. The van der Waals surface area contributed by atoms with Crippen molar-refractivity contribution < 1.29 is 4.79 Å². The van der Waals surface area contributed by atoms with Crippen LogP contribution < -0.4 is 4.90 Å². The van der Waals surface area contributed by atoms with Gasteiger partial charge in [0.15, 0.2) is 5.13 Å². The molecule has 1 amide bonds. The molecule has 158 valence electrons. The second-order valence-electron chi connectivity index (χ2n) is 6.63. The third-order valence-electron chi connectivity index (χ3n) is 4.51. The molecule has 2 heterocycles. The Balaban J connectivity index is 1.49. The molecule has 0 saturated heterocycles. The van der Waals surface area contributed by atoms with Gasteiger partial charge >= 0.3 is 0 Å². The zero-order chi connectivity index (χ0) is 21.8. The van der Waals surface area contributed by atoms with E-state index >= 15 is 0 Å². The number of carbonyl (C=O) groups excluding carboxylic acids is 1. The van der Waals surface area contributed by atoms with Crippen LogP contribution in [-0.4, -0.2) is 31.1 Å². The number of amides is 1. The van der Waals surface area contributed by atoms with E-state index in [4.69, 9.17) is 11.6 Å². The minimum atomic E-state index is -0.0792. The van der Waals surface area contributed by atoms with Gasteiger partial charge in [0.2, 0.25) is 11.1 Å². The lowest BCUT2D eigenvalue weighted by atomic mass is 10.1. The Bertz CT molecular complexity index is 1170. The number of carbonyl (C=O) groups is 1. The van der Waals surface area contributed by atoms with E-state index in [0.717, 1.165) is 23.5 Å². The number of thioether (sulfide) groups is 1. The normalized spacial score (nSPS) is 10.9. The predicted octanol–water partition coefficient (Wildman–Crippen LogP) is 5.31. The summed E-state index contributed by atoms with van der Waals surface area (Å²) >= 11 is 8.87. The largest absolute Gasteiger partial charge is 0.274 e. The lowest BCUT2D eigenvalue weighted by molar-refractivity contribution is -0.115. The van der Waals surface area contributed by atoms with Crippen molar-refractivity contribution in [2.24, 2.45) is 0 Å². The quantitative estimate of drug-likeness (QED) is 0.340. The number of aromatic nitrogens is 5. The molecule has 10 heteroatoms. The van der Waals surface area contributed by atoms with E-state index in [1.165, 1.54) is 28.7 Å². The van der Waals surface area contributed by atoms with Crippen LogP contribution in [0.15, 0.2) is 59.1 Å². The molecular formula is C21H19ClN6OS2. The molecule has 7 nitrogen and oxygen atoms in total. The van der Waals surface area contributed by atoms with Crippen LogP contribution in [0.2, 0.25) is 5.02 Å². The summed E-state index contributed by atoms with van der Waals surface area (Å²) in [5.41, 5.74) is 3.72.